The molecule has 1 amide bonds. The number of benzene rings is 3. The lowest BCUT2D eigenvalue weighted by Gasteiger charge is -2.29. The monoisotopic (exact) mass is 589 g/mol. The molecule has 10 heteroatoms. The summed E-state index contributed by atoms with van der Waals surface area (Å²) in [5.74, 6) is -2.40. The van der Waals surface area contributed by atoms with Crippen LogP contribution in [0.15, 0.2) is 83.3 Å². The average molecular weight is 591 g/mol. The maximum atomic E-state index is 13.6. The lowest BCUT2D eigenvalue weighted by molar-refractivity contribution is -0.142. The highest BCUT2D eigenvalue weighted by Gasteiger charge is 2.34. The predicted octanol–water partition coefficient (Wildman–Crippen LogP) is 7.58. The number of carbonyl (C=O) groups is 3. The minimum Gasteiger partial charge on any atom is -0.480 e. The Bertz CT molecular complexity index is 1500. The maximum Gasteiger partial charge on any atom is 0.326 e. The summed E-state index contributed by atoms with van der Waals surface area (Å²) >= 11 is 24.4. The van der Waals surface area contributed by atoms with Crippen LogP contribution in [-0.4, -0.2) is 40.3 Å². The zero-order valence-electron chi connectivity index (χ0n) is 19.5. The number of rotatable bonds is 9. The number of furan rings is 1. The zero-order valence-corrected chi connectivity index (χ0v) is 22.6. The van der Waals surface area contributed by atoms with Gasteiger partial charge in [-0.25, -0.2) is 4.79 Å². The van der Waals surface area contributed by atoms with Crippen molar-refractivity contribution in [1.29, 1.82) is 0 Å². The van der Waals surface area contributed by atoms with Gasteiger partial charge in [-0.15, -0.1) is 0 Å². The van der Waals surface area contributed by atoms with Gasteiger partial charge >= 0.3 is 5.97 Å². The first kappa shape index (κ1) is 27.7. The van der Waals surface area contributed by atoms with Crippen molar-refractivity contribution in [3.8, 4) is 11.3 Å². The lowest BCUT2D eigenvalue weighted by atomic mass is 10.0. The van der Waals surface area contributed by atoms with Gasteiger partial charge in [-0.3, -0.25) is 9.59 Å². The van der Waals surface area contributed by atoms with Gasteiger partial charge in [-0.2, -0.15) is 0 Å². The molecule has 1 heterocycles. The molecule has 0 aliphatic rings. The molecule has 0 aliphatic carbocycles. The third kappa shape index (κ3) is 6.40. The molecule has 0 saturated carbocycles. The molecule has 0 bridgehead atoms. The first-order chi connectivity index (χ1) is 18.1. The molecule has 0 radical (unpaired) electrons. The molecule has 0 aliphatic heterocycles. The van der Waals surface area contributed by atoms with E-state index in [1.165, 1.54) is 24.3 Å². The third-order valence-electron chi connectivity index (χ3n) is 5.75. The van der Waals surface area contributed by atoms with Gasteiger partial charge in [0.1, 0.15) is 11.8 Å². The second-order valence-electron chi connectivity index (χ2n) is 8.31. The van der Waals surface area contributed by atoms with E-state index in [1.54, 1.807) is 54.6 Å². The first-order valence-corrected chi connectivity index (χ1v) is 12.8. The van der Waals surface area contributed by atoms with Crippen LogP contribution in [-0.2, 0) is 11.2 Å². The van der Waals surface area contributed by atoms with E-state index in [4.69, 9.17) is 50.8 Å². The van der Waals surface area contributed by atoms with Crippen molar-refractivity contribution in [2.24, 2.45) is 0 Å². The lowest BCUT2D eigenvalue weighted by Crippen LogP contribution is -2.48. The topological polar surface area (TPSA) is 87.8 Å². The average Bonchev–Trinajstić information content (AvgIpc) is 3.36. The third-order valence-corrected chi connectivity index (χ3v) is 6.84. The number of ketones is 1. The van der Waals surface area contributed by atoms with Crippen molar-refractivity contribution >= 4 is 64.1 Å². The summed E-state index contributed by atoms with van der Waals surface area (Å²) in [4.78, 5) is 40.3. The predicted molar refractivity (Wildman–Crippen MR) is 148 cm³/mol. The fourth-order valence-corrected chi connectivity index (χ4v) is 4.85. The smallest absolute Gasteiger partial charge is 0.326 e. The molecule has 4 rings (SSSR count). The molecule has 1 aromatic heterocycles. The summed E-state index contributed by atoms with van der Waals surface area (Å²) in [6.45, 7) is -0.580. The van der Waals surface area contributed by atoms with Gasteiger partial charge < -0.3 is 14.4 Å². The standard InChI is InChI=1S/C28H19Cl4NO5/c29-17-6-8-19(21(31)13-17)25-10-11-26(38-25)24(34)15-33(27(35)20-9-7-18(30)14-22(20)32)23(28(36)37)12-16-4-2-1-3-5-16/h1-11,13-14,23H,12,15H2,(H,36,37). The number of aliphatic carboxylic acids is 1. The second kappa shape index (κ2) is 12.0. The Labute approximate surface area is 238 Å². The van der Waals surface area contributed by atoms with Crippen LogP contribution in [0.1, 0.15) is 26.5 Å². The SMILES string of the molecule is O=C(CN(C(=O)c1ccc(Cl)cc1Cl)C(Cc1ccccc1)C(=O)O)c1ccc(-c2ccc(Cl)cc2Cl)o1. The van der Waals surface area contributed by atoms with Crippen molar-refractivity contribution in [2.45, 2.75) is 12.5 Å². The Balaban J connectivity index is 1.68. The fraction of sp³-hybridized carbons (Fsp3) is 0.107. The fourth-order valence-electron chi connectivity index (χ4n) is 3.86. The molecular formula is C28H19Cl4NO5. The van der Waals surface area contributed by atoms with Gasteiger partial charge in [-0.1, -0.05) is 76.7 Å². The summed E-state index contributed by atoms with van der Waals surface area (Å²) in [7, 11) is 0. The van der Waals surface area contributed by atoms with E-state index in [-0.39, 0.29) is 22.8 Å². The minimum atomic E-state index is -1.37. The summed E-state index contributed by atoms with van der Waals surface area (Å²) in [6.07, 6.45) is -0.0375. The van der Waals surface area contributed by atoms with Crippen LogP contribution >= 0.6 is 46.4 Å². The summed E-state index contributed by atoms with van der Waals surface area (Å²) in [5.41, 5.74) is 1.20. The van der Waals surface area contributed by atoms with Crippen LogP contribution in [0, 0.1) is 0 Å². The number of amides is 1. The minimum absolute atomic E-state index is 0.0104. The van der Waals surface area contributed by atoms with Crippen LogP contribution in [0.3, 0.4) is 0 Å². The van der Waals surface area contributed by atoms with E-state index in [2.05, 4.69) is 0 Å². The second-order valence-corrected chi connectivity index (χ2v) is 10.00. The Hall–Kier alpha value is -3.29. The summed E-state index contributed by atoms with van der Waals surface area (Å²) in [5, 5.41) is 11.2. The Kier molecular flexibility index (Phi) is 8.80. The van der Waals surface area contributed by atoms with Crippen molar-refractivity contribution in [1.82, 2.24) is 4.90 Å². The van der Waals surface area contributed by atoms with E-state index >= 15 is 0 Å². The van der Waals surface area contributed by atoms with Gasteiger partial charge in [0.15, 0.2) is 5.76 Å². The van der Waals surface area contributed by atoms with Gasteiger partial charge in [0.05, 0.1) is 22.2 Å². The molecular weight excluding hydrogens is 572 g/mol. The normalized spacial score (nSPS) is 11.7. The van der Waals surface area contributed by atoms with Crippen LogP contribution in [0.25, 0.3) is 11.3 Å². The molecule has 38 heavy (non-hydrogen) atoms. The molecule has 0 spiro atoms. The van der Waals surface area contributed by atoms with Crippen molar-refractivity contribution in [2.75, 3.05) is 6.54 Å². The highest BCUT2D eigenvalue weighted by molar-refractivity contribution is 6.37. The van der Waals surface area contributed by atoms with Crippen LogP contribution in [0.2, 0.25) is 20.1 Å². The van der Waals surface area contributed by atoms with Crippen molar-refractivity contribution in [3.05, 3.63) is 116 Å². The van der Waals surface area contributed by atoms with Crippen LogP contribution < -0.4 is 0 Å². The number of carboxylic acid groups (broad SMARTS) is 1. The molecule has 4 aromatic rings. The maximum absolute atomic E-state index is 13.6. The molecule has 1 N–H and O–H groups in total. The largest absolute Gasteiger partial charge is 0.480 e. The molecule has 194 valence electrons. The van der Waals surface area contributed by atoms with Gasteiger partial charge in [0.2, 0.25) is 5.78 Å². The van der Waals surface area contributed by atoms with Gasteiger partial charge in [0.25, 0.3) is 5.91 Å². The van der Waals surface area contributed by atoms with Crippen LogP contribution in [0.5, 0.6) is 0 Å². The number of carboxylic acids is 1. The molecule has 6 nitrogen and oxygen atoms in total. The molecule has 3 aromatic carbocycles. The Morgan fingerprint density at radius 1 is 0.816 bits per heavy atom. The number of nitrogens with zero attached hydrogens (tertiary/aromatic N) is 1. The van der Waals surface area contributed by atoms with Crippen LogP contribution in [0.4, 0.5) is 0 Å². The van der Waals surface area contributed by atoms with Gasteiger partial charge in [0, 0.05) is 22.0 Å². The molecule has 0 saturated heterocycles. The summed E-state index contributed by atoms with van der Waals surface area (Å²) in [6, 6.07) is 19.5. The van der Waals surface area contributed by atoms with E-state index in [0.29, 0.717) is 32.0 Å². The van der Waals surface area contributed by atoms with Crippen molar-refractivity contribution in [3.63, 3.8) is 0 Å². The van der Waals surface area contributed by atoms with Gasteiger partial charge in [-0.05, 0) is 54.1 Å². The molecule has 1 unspecified atom stereocenters. The first-order valence-electron chi connectivity index (χ1n) is 11.2. The van der Waals surface area contributed by atoms with E-state index in [9.17, 15) is 19.5 Å². The Morgan fingerprint density at radius 3 is 2.11 bits per heavy atom. The quantitative estimate of drug-likeness (QED) is 0.203. The Morgan fingerprint density at radius 2 is 1.47 bits per heavy atom. The van der Waals surface area contributed by atoms with E-state index < -0.39 is 30.2 Å². The number of carbonyl (C=O) groups excluding carboxylic acids is 2. The van der Waals surface area contributed by atoms with E-state index in [0.717, 1.165) is 4.90 Å². The number of hydrogen-bond donors (Lipinski definition) is 1. The number of Topliss-reactive ketones (excluding diaryl/α,β-unsaturated/α-hetero) is 1. The molecule has 0 fully saturated rings. The molecule has 1 atom stereocenters. The van der Waals surface area contributed by atoms with Crippen molar-refractivity contribution < 1.29 is 23.9 Å². The summed E-state index contributed by atoms with van der Waals surface area (Å²) < 4.78 is 5.73. The highest BCUT2D eigenvalue weighted by Crippen LogP contribution is 2.32. The zero-order chi connectivity index (χ0) is 27.4. The number of halogens is 4. The number of hydrogen-bond acceptors (Lipinski definition) is 4. The van der Waals surface area contributed by atoms with E-state index in [1.807, 2.05) is 0 Å². The highest BCUT2D eigenvalue weighted by atomic mass is 35.5.